The lowest BCUT2D eigenvalue weighted by Gasteiger charge is -2.07. The van der Waals surface area contributed by atoms with Gasteiger partial charge in [-0.05, 0) is 42.5 Å². The average Bonchev–Trinajstić information content (AvgIpc) is 2.66. The van der Waals surface area contributed by atoms with Crippen molar-refractivity contribution in [2.24, 2.45) is 0 Å². The van der Waals surface area contributed by atoms with Crippen molar-refractivity contribution in [1.82, 2.24) is 4.90 Å². The molecule has 0 bridgehead atoms. The van der Waals surface area contributed by atoms with E-state index in [9.17, 15) is 9.59 Å². The number of fused-ring (bicyclic) bond motifs is 1. The quantitative estimate of drug-likeness (QED) is 0.646. The fourth-order valence-electron chi connectivity index (χ4n) is 2.17. The minimum atomic E-state index is -0.272. The van der Waals surface area contributed by atoms with Crippen LogP contribution >= 0.6 is 0 Å². The Kier molecular flexibility index (Phi) is 2.68. The van der Waals surface area contributed by atoms with E-state index >= 15 is 0 Å². The largest absolute Gasteiger partial charge is 0.399 e. The maximum atomic E-state index is 11.9. The van der Waals surface area contributed by atoms with E-state index in [-0.39, 0.29) is 11.8 Å². The first-order valence-electron chi connectivity index (χ1n) is 6.15. The van der Waals surface area contributed by atoms with Crippen molar-refractivity contribution in [1.29, 1.82) is 0 Å². The van der Waals surface area contributed by atoms with E-state index in [0.29, 0.717) is 16.8 Å². The SMILES string of the molecule is CN1C(=O)c2ccc(Nc3ccc(N)cc3)cc2C1=O. The van der Waals surface area contributed by atoms with Crippen LogP contribution in [0.2, 0.25) is 0 Å². The highest BCUT2D eigenvalue weighted by Gasteiger charge is 2.32. The zero-order valence-electron chi connectivity index (χ0n) is 10.9. The van der Waals surface area contributed by atoms with Gasteiger partial charge in [0.25, 0.3) is 11.8 Å². The van der Waals surface area contributed by atoms with Gasteiger partial charge >= 0.3 is 0 Å². The van der Waals surface area contributed by atoms with Gasteiger partial charge in [0.05, 0.1) is 11.1 Å². The molecule has 1 aliphatic rings. The van der Waals surface area contributed by atoms with Crippen molar-refractivity contribution >= 4 is 28.9 Å². The highest BCUT2D eigenvalue weighted by atomic mass is 16.2. The second-order valence-electron chi connectivity index (χ2n) is 4.68. The molecule has 3 N–H and O–H groups in total. The number of hydrogen-bond donors (Lipinski definition) is 2. The van der Waals surface area contributed by atoms with E-state index in [4.69, 9.17) is 5.73 Å². The number of anilines is 3. The molecule has 20 heavy (non-hydrogen) atoms. The van der Waals surface area contributed by atoms with Gasteiger partial charge < -0.3 is 11.1 Å². The highest BCUT2D eigenvalue weighted by Crippen LogP contribution is 2.26. The molecule has 5 heteroatoms. The van der Waals surface area contributed by atoms with Gasteiger partial charge in [0, 0.05) is 24.1 Å². The Hall–Kier alpha value is -2.82. The van der Waals surface area contributed by atoms with Crippen LogP contribution in [0.5, 0.6) is 0 Å². The summed E-state index contributed by atoms with van der Waals surface area (Å²) in [5.74, 6) is -0.532. The Bertz CT molecular complexity index is 708. The van der Waals surface area contributed by atoms with Crippen LogP contribution in [0.1, 0.15) is 20.7 Å². The number of nitrogen functional groups attached to an aromatic ring is 1. The van der Waals surface area contributed by atoms with Crippen LogP contribution in [0.3, 0.4) is 0 Å². The number of nitrogens with two attached hydrogens (primary N) is 1. The third kappa shape index (κ3) is 1.89. The van der Waals surface area contributed by atoms with Gasteiger partial charge in [-0.3, -0.25) is 14.5 Å². The molecule has 0 fully saturated rings. The van der Waals surface area contributed by atoms with Crippen LogP contribution in [0.4, 0.5) is 17.1 Å². The molecule has 0 aliphatic carbocycles. The zero-order chi connectivity index (χ0) is 14.3. The van der Waals surface area contributed by atoms with Gasteiger partial charge in [-0.15, -0.1) is 0 Å². The normalized spacial score (nSPS) is 13.6. The number of nitrogens with zero attached hydrogens (tertiary/aromatic N) is 1. The maximum Gasteiger partial charge on any atom is 0.261 e. The van der Waals surface area contributed by atoms with Crippen LogP contribution in [0, 0.1) is 0 Å². The first kappa shape index (κ1) is 12.2. The van der Waals surface area contributed by atoms with Crippen LogP contribution in [0.15, 0.2) is 42.5 Å². The van der Waals surface area contributed by atoms with E-state index in [1.165, 1.54) is 7.05 Å². The molecule has 2 aromatic rings. The molecule has 0 atom stereocenters. The third-order valence-electron chi connectivity index (χ3n) is 3.29. The molecule has 1 aliphatic heterocycles. The maximum absolute atomic E-state index is 11.9. The van der Waals surface area contributed by atoms with Crippen LogP contribution in [-0.4, -0.2) is 23.8 Å². The Labute approximate surface area is 116 Å². The first-order valence-corrected chi connectivity index (χ1v) is 6.15. The van der Waals surface area contributed by atoms with Crippen molar-refractivity contribution in [2.75, 3.05) is 18.1 Å². The lowest BCUT2D eigenvalue weighted by atomic mass is 10.1. The Morgan fingerprint density at radius 1 is 0.900 bits per heavy atom. The van der Waals surface area contributed by atoms with E-state index in [2.05, 4.69) is 5.32 Å². The van der Waals surface area contributed by atoms with Gasteiger partial charge in [-0.1, -0.05) is 0 Å². The molecule has 3 rings (SSSR count). The number of hydrogen-bond acceptors (Lipinski definition) is 4. The Balaban J connectivity index is 1.92. The predicted octanol–water partition coefficient (Wildman–Crippen LogP) is 2.24. The molecule has 0 saturated heterocycles. The molecule has 0 unspecified atom stereocenters. The summed E-state index contributed by atoms with van der Waals surface area (Å²) in [6.07, 6.45) is 0. The summed E-state index contributed by atoms with van der Waals surface area (Å²) in [6.45, 7) is 0. The molecule has 2 amide bonds. The summed E-state index contributed by atoms with van der Waals surface area (Å²) >= 11 is 0. The van der Waals surface area contributed by atoms with Crippen molar-refractivity contribution in [2.45, 2.75) is 0 Å². The van der Waals surface area contributed by atoms with Crippen molar-refractivity contribution in [3.63, 3.8) is 0 Å². The van der Waals surface area contributed by atoms with Gasteiger partial charge in [0.1, 0.15) is 0 Å². The number of rotatable bonds is 2. The summed E-state index contributed by atoms with van der Waals surface area (Å²) in [4.78, 5) is 24.8. The molecule has 1 heterocycles. The van der Waals surface area contributed by atoms with Crippen LogP contribution in [0.25, 0.3) is 0 Å². The van der Waals surface area contributed by atoms with Gasteiger partial charge in [0.15, 0.2) is 0 Å². The summed E-state index contributed by atoms with van der Waals surface area (Å²) < 4.78 is 0. The number of carbonyl (C=O) groups is 2. The van der Waals surface area contributed by atoms with Gasteiger partial charge in [-0.2, -0.15) is 0 Å². The first-order chi connectivity index (χ1) is 9.56. The van der Waals surface area contributed by atoms with Crippen molar-refractivity contribution in [3.05, 3.63) is 53.6 Å². The fourth-order valence-corrected chi connectivity index (χ4v) is 2.17. The highest BCUT2D eigenvalue weighted by molar-refractivity contribution is 6.21. The molecule has 100 valence electrons. The molecule has 2 aromatic carbocycles. The van der Waals surface area contributed by atoms with Gasteiger partial charge in [-0.25, -0.2) is 0 Å². The molecule has 5 nitrogen and oxygen atoms in total. The van der Waals surface area contributed by atoms with E-state index < -0.39 is 0 Å². The standard InChI is InChI=1S/C15H13N3O2/c1-18-14(19)12-7-6-11(8-13(12)15(18)20)17-10-4-2-9(16)3-5-10/h2-8,17H,16H2,1H3. The number of carbonyl (C=O) groups excluding carboxylic acids is 2. The second kappa shape index (κ2) is 4.38. The Morgan fingerprint density at radius 3 is 2.20 bits per heavy atom. The Morgan fingerprint density at radius 2 is 1.50 bits per heavy atom. The van der Waals surface area contributed by atoms with Crippen molar-refractivity contribution < 1.29 is 9.59 Å². The summed E-state index contributed by atoms with van der Waals surface area (Å²) in [7, 11) is 1.48. The molecular formula is C15H13N3O2. The second-order valence-corrected chi connectivity index (χ2v) is 4.68. The molecule has 0 radical (unpaired) electrons. The average molecular weight is 267 g/mol. The van der Waals surface area contributed by atoms with Crippen molar-refractivity contribution in [3.8, 4) is 0 Å². The minimum absolute atomic E-state index is 0.260. The third-order valence-corrected chi connectivity index (χ3v) is 3.29. The molecule has 0 saturated carbocycles. The van der Waals surface area contributed by atoms with Gasteiger partial charge in [0.2, 0.25) is 0 Å². The smallest absolute Gasteiger partial charge is 0.261 e. The minimum Gasteiger partial charge on any atom is -0.399 e. The summed E-state index contributed by atoms with van der Waals surface area (Å²) in [5.41, 5.74) is 8.81. The predicted molar refractivity (Wildman–Crippen MR) is 77.0 cm³/mol. The zero-order valence-corrected chi connectivity index (χ0v) is 10.9. The number of nitrogens with one attached hydrogen (secondary N) is 1. The lowest BCUT2D eigenvalue weighted by Crippen LogP contribution is -2.24. The summed E-state index contributed by atoms with van der Waals surface area (Å²) in [6, 6.07) is 12.4. The molecular weight excluding hydrogens is 254 g/mol. The van der Waals surface area contributed by atoms with E-state index in [0.717, 1.165) is 16.3 Å². The van der Waals surface area contributed by atoms with Crippen LogP contribution < -0.4 is 11.1 Å². The topological polar surface area (TPSA) is 75.4 Å². The fraction of sp³-hybridized carbons (Fsp3) is 0.0667. The molecule has 0 aromatic heterocycles. The van der Waals surface area contributed by atoms with E-state index in [1.807, 2.05) is 12.1 Å². The summed E-state index contributed by atoms with van der Waals surface area (Å²) in [5, 5.41) is 3.17. The number of imide groups is 1. The number of benzene rings is 2. The lowest BCUT2D eigenvalue weighted by molar-refractivity contribution is 0.0693. The van der Waals surface area contributed by atoms with Crippen LogP contribution in [-0.2, 0) is 0 Å². The van der Waals surface area contributed by atoms with E-state index in [1.54, 1.807) is 30.3 Å². The monoisotopic (exact) mass is 267 g/mol. The number of amides is 2. The molecule has 0 spiro atoms.